The highest BCUT2D eigenvalue weighted by Gasteiger charge is 2.32. The van der Waals surface area contributed by atoms with E-state index in [2.05, 4.69) is 10.6 Å². The first-order valence-electron chi connectivity index (χ1n) is 6.95. The number of likely N-dealkylation sites (N-methyl/N-ethyl adjacent to an activating group) is 1. The first-order chi connectivity index (χ1) is 9.08. The summed E-state index contributed by atoms with van der Waals surface area (Å²) in [5.41, 5.74) is 0. The van der Waals surface area contributed by atoms with Crippen molar-refractivity contribution in [2.45, 2.75) is 43.9 Å². The van der Waals surface area contributed by atoms with Gasteiger partial charge in [-0.25, -0.2) is 0 Å². The normalized spacial score (nSPS) is 28.8. The van der Waals surface area contributed by atoms with E-state index in [1.807, 2.05) is 0 Å². The molecule has 6 nitrogen and oxygen atoms in total. The van der Waals surface area contributed by atoms with Crippen LogP contribution < -0.4 is 10.6 Å². The molecule has 0 aromatic carbocycles. The second kappa shape index (κ2) is 7.81. The fourth-order valence-corrected chi connectivity index (χ4v) is 2.57. The highest BCUT2D eigenvalue weighted by molar-refractivity contribution is 5.85. The Bertz CT molecular complexity index is 346. The molecule has 0 aromatic rings. The van der Waals surface area contributed by atoms with Gasteiger partial charge in [-0.15, -0.1) is 12.4 Å². The highest BCUT2D eigenvalue weighted by Crippen LogP contribution is 2.20. The molecule has 0 bridgehead atoms. The Morgan fingerprint density at radius 2 is 2.05 bits per heavy atom. The molecule has 2 rings (SSSR count). The van der Waals surface area contributed by atoms with Crippen LogP contribution in [0.4, 0.5) is 0 Å². The summed E-state index contributed by atoms with van der Waals surface area (Å²) in [7, 11) is 3.46. The summed E-state index contributed by atoms with van der Waals surface area (Å²) in [5, 5.41) is 6.06. The van der Waals surface area contributed by atoms with Crippen molar-refractivity contribution >= 4 is 24.2 Å². The fraction of sp³-hybridized carbons (Fsp3) is 0.846. The average molecular weight is 306 g/mol. The second-order valence-corrected chi connectivity index (χ2v) is 5.45. The smallest absolute Gasteiger partial charge is 0.251 e. The molecule has 2 fully saturated rings. The lowest BCUT2D eigenvalue weighted by atomic mass is 10.1. The number of amides is 2. The van der Waals surface area contributed by atoms with Crippen LogP contribution in [0.15, 0.2) is 0 Å². The maximum atomic E-state index is 11.8. The molecule has 0 aromatic heterocycles. The van der Waals surface area contributed by atoms with Gasteiger partial charge in [0.2, 0.25) is 5.91 Å². The van der Waals surface area contributed by atoms with E-state index in [0.717, 1.165) is 32.2 Å². The Morgan fingerprint density at radius 1 is 1.30 bits per heavy atom. The number of ether oxygens (including phenoxy) is 1. The molecule has 0 spiro atoms. The number of halogens is 1. The van der Waals surface area contributed by atoms with E-state index in [-0.39, 0.29) is 42.5 Å². The maximum Gasteiger partial charge on any atom is 0.251 e. The van der Waals surface area contributed by atoms with Crippen LogP contribution in [0.25, 0.3) is 0 Å². The minimum Gasteiger partial charge on any atom is -0.363 e. The van der Waals surface area contributed by atoms with Gasteiger partial charge in [0.1, 0.15) is 6.10 Å². The summed E-state index contributed by atoms with van der Waals surface area (Å²) in [6.45, 7) is 1.41. The van der Waals surface area contributed by atoms with Crippen molar-refractivity contribution in [3.63, 3.8) is 0 Å². The van der Waals surface area contributed by atoms with Crippen LogP contribution in [-0.4, -0.2) is 62.1 Å². The van der Waals surface area contributed by atoms with Crippen LogP contribution in [0.3, 0.4) is 0 Å². The van der Waals surface area contributed by atoms with Gasteiger partial charge < -0.3 is 20.3 Å². The first-order valence-corrected chi connectivity index (χ1v) is 6.95. The van der Waals surface area contributed by atoms with Crippen LogP contribution in [0, 0.1) is 0 Å². The molecule has 2 heterocycles. The van der Waals surface area contributed by atoms with Gasteiger partial charge in [0.25, 0.3) is 5.91 Å². The summed E-state index contributed by atoms with van der Waals surface area (Å²) in [5.74, 6) is 0.0507. The summed E-state index contributed by atoms with van der Waals surface area (Å²) >= 11 is 0. The molecule has 2 amide bonds. The lowest BCUT2D eigenvalue weighted by molar-refractivity contribution is -0.140. The lowest BCUT2D eigenvalue weighted by Gasteiger charge is -2.18. The van der Waals surface area contributed by atoms with Crippen molar-refractivity contribution in [3.05, 3.63) is 0 Å². The molecule has 0 radical (unpaired) electrons. The molecule has 2 saturated heterocycles. The number of nitrogens with one attached hydrogen (secondary N) is 2. The Balaban J connectivity index is 0.00000200. The zero-order chi connectivity index (χ0) is 13.8. The SMILES string of the molecule is CN(C)C(=O)C1CCC(CNC(=O)C2CCCN2)O1.Cl. The summed E-state index contributed by atoms with van der Waals surface area (Å²) in [6.07, 6.45) is 3.12. The second-order valence-electron chi connectivity index (χ2n) is 5.45. The van der Waals surface area contributed by atoms with Gasteiger partial charge in [-0.1, -0.05) is 0 Å². The monoisotopic (exact) mass is 305 g/mol. The zero-order valence-corrected chi connectivity index (χ0v) is 12.9. The van der Waals surface area contributed by atoms with Gasteiger partial charge in [-0.3, -0.25) is 9.59 Å². The van der Waals surface area contributed by atoms with Gasteiger partial charge in [-0.05, 0) is 32.2 Å². The molecule has 0 saturated carbocycles. The molecule has 7 heteroatoms. The molecular weight excluding hydrogens is 282 g/mol. The van der Waals surface area contributed by atoms with E-state index in [0.29, 0.717) is 6.54 Å². The van der Waals surface area contributed by atoms with Crippen molar-refractivity contribution in [2.75, 3.05) is 27.2 Å². The number of rotatable bonds is 4. The average Bonchev–Trinajstić information content (AvgIpc) is 3.06. The van der Waals surface area contributed by atoms with Crippen LogP contribution in [-0.2, 0) is 14.3 Å². The topological polar surface area (TPSA) is 70.7 Å². The number of hydrogen-bond donors (Lipinski definition) is 2. The summed E-state index contributed by atoms with van der Waals surface area (Å²) in [4.78, 5) is 25.1. The standard InChI is InChI=1S/C13H23N3O3.ClH/c1-16(2)13(18)11-6-5-9(19-11)8-15-12(17)10-4-3-7-14-10;/h9-11,14H,3-8H2,1-2H3,(H,15,17);1H. The van der Waals surface area contributed by atoms with Crippen molar-refractivity contribution in [1.29, 1.82) is 0 Å². The van der Waals surface area contributed by atoms with Gasteiger partial charge in [0, 0.05) is 20.6 Å². The quantitative estimate of drug-likeness (QED) is 0.762. The zero-order valence-electron chi connectivity index (χ0n) is 12.1. The largest absolute Gasteiger partial charge is 0.363 e. The fourth-order valence-electron chi connectivity index (χ4n) is 2.57. The van der Waals surface area contributed by atoms with Gasteiger partial charge in [0.05, 0.1) is 12.1 Å². The van der Waals surface area contributed by atoms with Gasteiger partial charge in [-0.2, -0.15) is 0 Å². The molecule has 2 aliphatic heterocycles. The van der Waals surface area contributed by atoms with Crippen LogP contribution in [0.2, 0.25) is 0 Å². The molecule has 2 aliphatic rings. The molecule has 3 atom stereocenters. The molecule has 2 N–H and O–H groups in total. The predicted octanol–water partition coefficient (Wildman–Crippen LogP) is -0.0878. The van der Waals surface area contributed by atoms with E-state index in [1.54, 1.807) is 19.0 Å². The molecule has 0 aliphatic carbocycles. The Labute approximate surface area is 126 Å². The van der Waals surface area contributed by atoms with Gasteiger partial charge >= 0.3 is 0 Å². The third-order valence-electron chi connectivity index (χ3n) is 3.70. The third-order valence-corrected chi connectivity index (χ3v) is 3.70. The summed E-state index contributed by atoms with van der Waals surface area (Å²) in [6, 6.07) is -0.0550. The Kier molecular flexibility index (Phi) is 6.71. The number of hydrogen-bond acceptors (Lipinski definition) is 4. The minimum atomic E-state index is -0.346. The predicted molar refractivity (Wildman–Crippen MR) is 77.9 cm³/mol. The van der Waals surface area contributed by atoms with Crippen LogP contribution in [0.1, 0.15) is 25.7 Å². The van der Waals surface area contributed by atoms with Crippen LogP contribution in [0.5, 0.6) is 0 Å². The Hall–Kier alpha value is -0.850. The van der Waals surface area contributed by atoms with E-state index >= 15 is 0 Å². The van der Waals surface area contributed by atoms with E-state index < -0.39 is 0 Å². The number of carbonyl (C=O) groups is 2. The van der Waals surface area contributed by atoms with Crippen molar-refractivity contribution in [1.82, 2.24) is 15.5 Å². The molecule has 3 unspecified atom stereocenters. The third kappa shape index (κ3) is 4.33. The van der Waals surface area contributed by atoms with E-state index in [9.17, 15) is 9.59 Å². The van der Waals surface area contributed by atoms with Crippen molar-refractivity contribution < 1.29 is 14.3 Å². The Morgan fingerprint density at radius 3 is 2.65 bits per heavy atom. The van der Waals surface area contributed by atoms with E-state index in [1.165, 1.54) is 0 Å². The van der Waals surface area contributed by atoms with Crippen molar-refractivity contribution in [2.24, 2.45) is 0 Å². The van der Waals surface area contributed by atoms with Gasteiger partial charge in [0.15, 0.2) is 0 Å². The van der Waals surface area contributed by atoms with Crippen molar-refractivity contribution in [3.8, 4) is 0 Å². The van der Waals surface area contributed by atoms with Crippen LogP contribution >= 0.6 is 12.4 Å². The summed E-state index contributed by atoms with van der Waals surface area (Å²) < 4.78 is 5.67. The number of nitrogens with zero attached hydrogens (tertiary/aromatic N) is 1. The highest BCUT2D eigenvalue weighted by atomic mass is 35.5. The number of carbonyl (C=O) groups excluding carboxylic acids is 2. The van der Waals surface area contributed by atoms with E-state index in [4.69, 9.17) is 4.74 Å². The maximum absolute atomic E-state index is 11.8. The molecule has 116 valence electrons. The first kappa shape index (κ1) is 17.2. The molecule has 20 heavy (non-hydrogen) atoms. The minimum absolute atomic E-state index is 0. The molecular formula is C13H24ClN3O3. The lowest BCUT2D eigenvalue weighted by Crippen LogP contribution is -2.43.